The van der Waals surface area contributed by atoms with Crippen LogP contribution in [0.4, 0.5) is 4.39 Å². The number of nitrogens with zero attached hydrogens (tertiary/aromatic N) is 2. The number of carbonyl (C=O) groups excluding carboxylic acids is 1. The Bertz CT molecular complexity index is 1330. The summed E-state index contributed by atoms with van der Waals surface area (Å²) in [6, 6.07) is 16.2. The van der Waals surface area contributed by atoms with Crippen LogP contribution in [0.5, 0.6) is 0 Å². The molecule has 174 valence electrons. The lowest BCUT2D eigenvalue weighted by Gasteiger charge is -2.18. The second kappa shape index (κ2) is 10.1. The normalized spacial score (nSPS) is 12.0. The van der Waals surface area contributed by atoms with Crippen LogP contribution in [-0.2, 0) is 6.42 Å². The van der Waals surface area contributed by atoms with E-state index in [2.05, 4.69) is 37.1 Å². The first kappa shape index (κ1) is 23.6. The third-order valence-electron chi connectivity index (χ3n) is 6.45. The fraction of sp³-hybridized carbons (Fsp3) is 0.276. The van der Waals surface area contributed by atoms with Crippen LogP contribution in [0.25, 0.3) is 22.2 Å². The van der Waals surface area contributed by atoms with E-state index in [1.54, 1.807) is 18.3 Å². The topological polar surface area (TPSA) is 54.9 Å². The molecular weight excluding hydrogens is 425 g/mol. The van der Waals surface area contributed by atoms with Gasteiger partial charge in [0.15, 0.2) is 0 Å². The molecule has 0 saturated carbocycles. The van der Waals surface area contributed by atoms with Gasteiger partial charge in [0, 0.05) is 41.4 Å². The first-order valence-electron chi connectivity index (χ1n) is 11.8. The van der Waals surface area contributed by atoms with E-state index in [4.69, 9.17) is 4.98 Å². The van der Waals surface area contributed by atoms with E-state index >= 15 is 0 Å². The van der Waals surface area contributed by atoms with Crippen molar-refractivity contribution in [2.75, 3.05) is 6.54 Å². The molecule has 0 aliphatic heterocycles. The Labute approximate surface area is 200 Å². The Morgan fingerprint density at radius 1 is 1.09 bits per heavy atom. The van der Waals surface area contributed by atoms with Crippen LogP contribution >= 0.6 is 0 Å². The van der Waals surface area contributed by atoms with Crippen molar-refractivity contribution in [1.29, 1.82) is 0 Å². The average molecular weight is 456 g/mol. The van der Waals surface area contributed by atoms with Gasteiger partial charge in [0.05, 0.1) is 11.2 Å². The first-order valence-corrected chi connectivity index (χ1v) is 11.8. The van der Waals surface area contributed by atoms with Crippen LogP contribution in [0.3, 0.4) is 0 Å². The summed E-state index contributed by atoms with van der Waals surface area (Å²) < 4.78 is 13.5. The maximum absolute atomic E-state index is 13.5. The van der Waals surface area contributed by atoms with Crippen LogP contribution in [0.1, 0.15) is 58.9 Å². The van der Waals surface area contributed by atoms with Crippen molar-refractivity contribution >= 4 is 16.8 Å². The van der Waals surface area contributed by atoms with Gasteiger partial charge in [-0.25, -0.2) is 4.39 Å². The molecule has 2 heterocycles. The Morgan fingerprint density at radius 3 is 2.59 bits per heavy atom. The predicted octanol–water partition coefficient (Wildman–Crippen LogP) is 6.54. The monoisotopic (exact) mass is 455 g/mol. The van der Waals surface area contributed by atoms with Gasteiger partial charge in [-0.15, -0.1) is 0 Å². The molecule has 0 radical (unpaired) electrons. The van der Waals surface area contributed by atoms with Crippen LogP contribution in [-0.4, -0.2) is 22.4 Å². The van der Waals surface area contributed by atoms with Gasteiger partial charge < -0.3 is 5.32 Å². The molecule has 0 fully saturated rings. The fourth-order valence-corrected chi connectivity index (χ4v) is 4.34. The number of amides is 1. The quantitative estimate of drug-likeness (QED) is 0.344. The van der Waals surface area contributed by atoms with Crippen molar-refractivity contribution in [2.24, 2.45) is 0 Å². The molecule has 0 aliphatic carbocycles. The maximum atomic E-state index is 13.5. The summed E-state index contributed by atoms with van der Waals surface area (Å²) in [7, 11) is 0. The highest BCUT2D eigenvalue weighted by atomic mass is 19.1. The molecule has 2 aromatic carbocycles. The van der Waals surface area contributed by atoms with Gasteiger partial charge in [0.25, 0.3) is 5.91 Å². The highest BCUT2D eigenvalue weighted by Crippen LogP contribution is 2.30. The second-order valence-corrected chi connectivity index (χ2v) is 8.87. The van der Waals surface area contributed by atoms with Gasteiger partial charge in [-0.3, -0.25) is 14.8 Å². The number of benzene rings is 2. The first-order chi connectivity index (χ1) is 16.4. The number of fused-ring (bicyclic) bond motifs is 1. The fourth-order valence-electron chi connectivity index (χ4n) is 4.34. The number of nitrogens with one attached hydrogen (secondary N) is 1. The minimum absolute atomic E-state index is 0.109. The van der Waals surface area contributed by atoms with Gasteiger partial charge in [0.1, 0.15) is 5.82 Å². The number of aromatic nitrogens is 2. The molecule has 0 bridgehead atoms. The molecule has 1 unspecified atom stereocenters. The summed E-state index contributed by atoms with van der Waals surface area (Å²) >= 11 is 0. The summed E-state index contributed by atoms with van der Waals surface area (Å²) in [5, 5.41) is 3.99. The van der Waals surface area contributed by atoms with E-state index in [1.807, 2.05) is 31.2 Å². The van der Waals surface area contributed by atoms with Gasteiger partial charge in [-0.1, -0.05) is 19.9 Å². The zero-order valence-electron chi connectivity index (χ0n) is 20.2. The molecule has 0 aliphatic rings. The number of aryl methyl sites for hydroxylation is 1. The summed E-state index contributed by atoms with van der Waals surface area (Å²) in [5.41, 5.74) is 7.57. The van der Waals surface area contributed by atoms with Crippen LogP contribution < -0.4 is 5.32 Å². The van der Waals surface area contributed by atoms with E-state index in [1.165, 1.54) is 17.7 Å². The molecule has 1 atom stereocenters. The van der Waals surface area contributed by atoms with Gasteiger partial charge in [-0.2, -0.15) is 0 Å². The van der Waals surface area contributed by atoms with E-state index in [-0.39, 0.29) is 11.7 Å². The van der Waals surface area contributed by atoms with Crippen molar-refractivity contribution in [3.8, 4) is 11.3 Å². The number of halogens is 1. The number of hydrogen-bond acceptors (Lipinski definition) is 3. The number of rotatable bonds is 7. The highest BCUT2D eigenvalue weighted by molar-refractivity contribution is 5.98. The number of carbonyl (C=O) groups is 1. The molecule has 0 saturated heterocycles. The van der Waals surface area contributed by atoms with Gasteiger partial charge in [-0.05, 0) is 91.4 Å². The molecular formula is C29H30FN3O. The van der Waals surface area contributed by atoms with E-state index in [0.717, 1.165) is 45.4 Å². The number of pyridine rings is 2. The Balaban J connectivity index is 1.55. The lowest BCUT2D eigenvalue weighted by Crippen LogP contribution is -2.26. The van der Waals surface area contributed by atoms with Gasteiger partial charge >= 0.3 is 0 Å². The summed E-state index contributed by atoms with van der Waals surface area (Å²) in [6.45, 7) is 8.90. The third-order valence-corrected chi connectivity index (χ3v) is 6.45. The van der Waals surface area contributed by atoms with Crippen molar-refractivity contribution in [3.63, 3.8) is 0 Å². The van der Waals surface area contributed by atoms with Crippen LogP contribution in [0.15, 0.2) is 60.8 Å². The molecule has 4 aromatic rings. The summed E-state index contributed by atoms with van der Waals surface area (Å²) in [6.07, 6.45) is 3.38. The lowest BCUT2D eigenvalue weighted by atomic mass is 9.91. The van der Waals surface area contributed by atoms with Crippen molar-refractivity contribution < 1.29 is 9.18 Å². The molecule has 4 nitrogen and oxygen atoms in total. The molecule has 1 N–H and O–H groups in total. The number of hydrogen-bond donors (Lipinski definition) is 1. The Morgan fingerprint density at radius 2 is 1.85 bits per heavy atom. The van der Waals surface area contributed by atoms with E-state index < -0.39 is 0 Å². The summed E-state index contributed by atoms with van der Waals surface area (Å²) in [4.78, 5) is 22.1. The second-order valence-electron chi connectivity index (χ2n) is 8.87. The van der Waals surface area contributed by atoms with Crippen molar-refractivity contribution in [3.05, 3.63) is 94.6 Å². The van der Waals surface area contributed by atoms with Crippen LogP contribution in [0, 0.1) is 19.7 Å². The lowest BCUT2D eigenvalue weighted by molar-refractivity contribution is 0.0954. The smallest absolute Gasteiger partial charge is 0.251 e. The van der Waals surface area contributed by atoms with Gasteiger partial charge in [0.2, 0.25) is 0 Å². The zero-order chi connectivity index (χ0) is 24.2. The predicted molar refractivity (Wildman–Crippen MR) is 136 cm³/mol. The molecule has 34 heavy (non-hydrogen) atoms. The molecule has 0 spiro atoms. The maximum Gasteiger partial charge on any atom is 0.251 e. The van der Waals surface area contributed by atoms with Crippen LogP contribution in [0.2, 0.25) is 0 Å². The average Bonchev–Trinajstić information content (AvgIpc) is 2.85. The SMILES string of the molecule is CCC(C)c1cc(CCNC(=O)c2cc(C)c3ncccc3c2)nc(-c2ccc(F)cc2)c1C. The standard InChI is InChI=1S/C29H30FN3O/c1-5-18(2)26-17-25(33-28(20(26)4)21-8-10-24(30)11-9-21)12-14-32-29(34)23-15-19(3)27-22(16-23)7-6-13-31-27/h6-11,13,15-18H,5,12,14H2,1-4H3,(H,32,34). The molecule has 4 rings (SSSR count). The third kappa shape index (κ3) is 4.98. The molecule has 2 aromatic heterocycles. The van der Waals surface area contributed by atoms with Crippen molar-refractivity contribution in [1.82, 2.24) is 15.3 Å². The molecule has 1 amide bonds. The minimum Gasteiger partial charge on any atom is -0.352 e. The Hall–Kier alpha value is -3.60. The minimum atomic E-state index is -0.262. The largest absolute Gasteiger partial charge is 0.352 e. The molecule has 5 heteroatoms. The van der Waals surface area contributed by atoms with Crippen molar-refractivity contribution in [2.45, 2.75) is 46.5 Å². The highest BCUT2D eigenvalue weighted by Gasteiger charge is 2.16. The summed E-state index contributed by atoms with van der Waals surface area (Å²) in [5.74, 6) is 0.00808. The Kier molecular flexibility index (Phi) is 7.01. The van der Waals surface area contributed by atoms with E-state index in [0.29, 0.717) is 24.4 Å². The van der Waals surface area contributed by atoms with E-state index in [9.17, 15) is 9.18 Å². The zero-order valence-corrected chi connectivity index (χ0v) is 20.2.